The Hall–Kier alpha value is -2.13. The van der Waals surface area contributed by atoms with Crippen molar-refractivity contribution in [2.24, 2.45) is 0 Å². The minimum atomic E-state index is 0.346. The molecule has 5 nitrogen and oxygen atoms in total. The summed E-state index contributed by atoms with van der Waals surface area (Å²) < 4.78 is 13.2. The molecular weight excluding hydrogens is 224 g/mol. The van der Waals surface area contributed by atoms with Gasteiger partial charge in [0.25, 0.3) is 0 Å². The van der Waals surface area contributed by atoms with Crippen LogP contribution in [0.2, 0.25) is 0 Å². The molecular formula is C10H8N4OS. The molecule has 0 saturated carbocycles. The predicted molar refractivity (Wildman–Crippen MR) is 61.0 cm³/mol. The smallest absolute Gasteiger partial charge is 0.165 e. The molecule has 0 atom stereocenters. The number of hydrogen-bond acceptors (Lipinski definition) is 6. The maximum absolute atomic E-state index is 8.84. The largest absolute Gasteiger partial charge is 0.496 e. The van der Waals surface area contributed by atoms with Crippen LogP contribution in [-0.2, 0) is 0 Å². The highest BCUT2D eigenvalue weighted by molar-refractivity contribution is 6.99. The zero-order valence-corrected chi connectivity index (χ0v) is 9.28. The summed E-state index contributed by atoms with van der Waals surface area (Å²) in [6.45, 7) is 0. The van der Waals surface area contributed by atoms with Crippen molar-refractivity contribution in [3.05, 3.63) is 23.8 Å². The molecule has 0 aliphatic carbocycles. The van der Waals surface area contributed by atoms with E-state index in [2.05, 4.69) is 14.8 Å². The summed E-state index contributed by atoms with van der Waals surface area (Å²) in [5.41, 5.74) is 7.46. The van der Waals surface area contributed by atoms with Crippen molar-refractivity contribution in [1.29, 1.82) is 5.26 Å². The molecule has 0 radical (unpaired) electrons. The quantitative estimate of drug-likeness (QED) is 0.851. The van der Waals surface area contributed by atoms with E-state index in [0.29, 0.717) is 28.4 Å². The summed E-state index contributed by atoms with van der Waals surface area (Å²) in [6, 6.07) is 7.14. The Morgan fingerprint density at radius 2 is 2.25 bits per heavy atom. The van der Waals surface area contributed by atoms with Gasteiger partial charge in [-0.25, -0.2) is 0 Å². The van der Waals surface area contributed by atoms with Crippen molar-refractivity contribution in [3.63, 3.8) is 0 Å². The van der Waals surface area contributed by atoms with Crippen LogP contribution in [0.4, 0.5) is 5.82 Å². The molecule has 1 heterocycles. The summed E-state index contributed by atoms with van der Waals surface area (Å²) >= 11 is 1.03. The first-order chi connectivity index (χ1) is 7.76. The van der Waals surface area contributed by atoms with E-state index in [0.717, 1.165) is 11.7 Å². The number of methoxy groups -OCH3 is 1. The van der Waals surface area contributed by atoms with E-state index in [4.69, 9.17) is 15.7 Å². The fraction of sp³-hybridized carbons (Fsp3) is 0.100. The third-order valence-corrected chi connectivity index (χ3v) is 2.64. The van der Waals surface area contributed by atoms with Gasteiger partial charge in [-0.3, -0.25) is 0 Å². The van der Waals surface area contributed by atoms with E-state index in [1.54, 1.807) is 25.3 Å². The van der Waals surface area contributed by atoms with Gasteiger partial charge >= 0.3 is 0 Å². The summed E-state index contributed by atoms with van der Waals surface area (Å²) in [4.78, 5) is 0. The molecule has 2 N–H and O–H groups in total. The Labute approximate surface area is 96.4 Å². The van der Waals surface area contributed by atoms with Crippen LogP contribution in [0.25, 0.3) is 11.3 Å². The molecule has 1 aromatic heterocycles. The second-order valence-electron chi connectivity index (χ2n) is 3.02. The molecule has 0 fully saturated rings. The Bertz CT molecular complexity index is 558. The Morgan fingerprint density at radius 1 is 1.44 bits per heavy atom. The number of anilines is 1. The molecule has 1 aromatic carbocycles. The van der Waals surface area contributed by atoms with Crippen molar-refractivity contribution in [2.45, 2.75) is 0 Å². The number of nitrogen functional groups attached to an aromatic ring is 1. The molecule has 6 heteroatoms. The number of nitriles is 1. The lowest BCUT2D eigenvalue weighted by atomic mass is 10.1. The lowest BCUT2D eigenvalue weighted by Gasteiger charge is -2.06. The number of nitrogens with zero attached hydrogens (tertiary/aromatic N) is 3. The van der Waals surface area contributed by atoms with E-state index >= 15 is 0 Å². The summed E-state index contributed by atoms with van der Waals surface area (Å²) in [5.74, 6) is 0.969. The molecule has 0 aliphatic heterocycles. The molecule has 0 unspecified atom stereocenters. The maximum Gasteiger partial charge on any atom is 0.165 e. The zero-order chi connectivity index (χ0) is 11.5. The first-order valence-electron chi connectivity index (χ1n) is 4.43. The molecule has 16 heavy (non-hydrogen) atoms. The fourth-order valence-electron chi connectivity index (χ4n) is 1.34. The van der Waals surface area contributed by atoms with Crippen LogP contribution in [-0.4, -0.2) is 15.9 Å². The molecule has 2 rings (SSSR count). The van der Waals surface area contributed by atoms with Gasteiger partial charge in [-0.1, -0.05) is 0 Å². The lowest BCUT2D eigenvalue weighted by Crippen LogP contribution is -1.93. The van der Waals surface area contributed by atoms with Gasteiger partial charge < -0.3 is 10.5 Å². The number of nitrogens with two attached hydrogens (primary N) is 1. The van der Waals surface area contributed by atoms with Gasteiger partial charge in [-0.05, 0) is 18.2 Å². The highest BCUT2D eigenvalue weighted by atomic mass is 32.1. The lowest BCUT2D eigenvalue weighted by molar-refractivity contribution is 0.416. The van der Waals surface area contributed by atoms with Crippen LogP contribution in [0, 0.1) is 11.3 Å². The van der Waals surface area contributed by atoms with E-state index in [9.17, 15) is 0 Å². The van der Waals surface area contributed by atoms with E-state index in [1.165, 1.54) is 0 Å². The third kappa shape index (κ3) is 1.68. The van der Waals surface area contributed by atoms with Gasteiger partial charge in [-0.15, -0.1) is 0 Å². The average molecular weight is 232 g/mol. The molecule has 0 spiro atoms. The first-order valence-corrected chi connectivity index (χ1v) is 5.16. The van der Waals surface area contributed by atoms with Gasteiger partial charge in [-0.2, -0.15) is 14.0 Å². The molecule has 2 aromatic rings. The average Bonchev–Trinajstić information content (AvgIpc) is 2.74. The highest BCUT2D eigenvalue weighted by Gasteiger charge is 2.13. The third-order valence-electron chi connectivity index (χ3n) is 2.10. The van der Waals surface area contributed by atoms with Crippen LogP contribution in [0.1, 0.15) is 5.56 Å². The first kappa shape index (κ1) is 10.4. The van der Waals surface area contributed by atoms with E-state index in [1.807, 2.05) is 0 Å². The second-order valence-corrected chi connectivity index (χ2v) is 3.55. The molecule has 0 amide bonds. The van der Waals surface area contributed by atoms with Gasteiger partial charge in [0.05, 0.1) is 30.5 Å². The minimum Gasteiger partial charge on any atom is -0.496 e. The predicted octanol–water partition coefficient (Wildman–Crippen LogP) is 1.67. The highest BCUT2D eigenvalue weighted by Crippen LogP contribution is 2.32. The number of ether oxygens (including phenoxy) is 1. The molecule has 80 valence electrons. The van der Waals surface area contributed by atoms with Crippen LogP contribution in [0.15, 0.2) is 18.2 Å². The van der Waals surface area contributed by atoms with Gasteiger partial charge in [0.1, 0.15) is 11.4 Å². The number of benzene rings is 1. The van der Waals surface area contributed by atoms with Crippen LogP contribution in [0.3, 0.4) is 0 Å². The van der Waals surface area contributed by atoms with Crippen molar-refractivity contribution in [1.82, 2.24) is 8.75 Å². The summed E-state index contributed by atoms with van der Waals surface area (Å²) in [7, 11) is 1.56. The Kier molecular flexibility index (Phi) is 2.70. The van der Waals surface area contributed by atoms with E-state index in [-0.39, 0.29) is 0 Å². The molecule has 0 aliphatic rings. The van der Waals surface area contributed by atoms with Gasteiger partial charge in [0.15, 0.2) is 5.82 Å². The van der Waals surface area contributed by atoms with Crippen LogP contribution in [0.5, 0.6) is 5.75 Å². The van der Waals surface area contributed by atoms with Crippen LogP contribution < -0.4 is 10.5 Å². The monoisotopic (exact) mass is 232 g/mol. The van der Waals surface area contributed by atoms with Gasteiger partial charge in [0.2, 0.25) is 0 Å². The standard InChI is InChI=1S/C10H8N4OS/c1-15-8-3-2-6(5-11)4-7(8)9-10(12)14-16-13-9/h2-4H,1H3,(H2,12,14). The second kappa shape index (κ2) is 4.16. The van der Waals surface area contributed by atoms with Gasteiger partial charge in [0, 0.05) is 5.56 Å². The fourth-order valence-corrected chi connectivity index (χ4v) is 1.83. The Balaban J connectivity index is 2.63. The van der Waals surface area contributed by atoms with Crippen molar-refractivity contribution < 1.29 is 4.74 Å². The maximum atomic E-state index is 8.84. The van der Waals surface area contributed by atoms with Crippen molar-refractivity contribution in [3.8, 4) is 23.1 Å². The number of aromatic nitrogens is 2. The normalized spacial score (nSPS) is 9.75. The molecule has 0 saturated heterocycles. The summed E-state index contributed by atoms with van der Waals surface area (Å²) in [6.07, 6.45) is 0. The molecule has 0 bridgehead atoms. The number of hydrogen-bond donors (Lipinski definition) is 1. The minimum absolute atomic E-state index is 0.346. The summed E-state index contributed by atoms with van der Waals surface area (Å²) in [5, 5.41) is 8.84. The van der Waals surface area contributed by atoms with Crippen LogP contribution >= 0.6 is 11.7 Å². The SMILES string of the molecule is COc1ccc(C#N)cc1-c1nsnc1N. The number of rotatable bonds is 2. The zero-order valence-electron chi connectivity index (χ0n) is 8.47. The van der Waals surface area contributed by atoms with Crippen molar-refractivity contribution >= 4 is 17.5 Å². The van der Waals surface area contributed by atoms with Crippen molar-refractivity contribution in [2.75, 3.05) is 12.8 Å². The van der Waals surface area contributed by atoms with E-state index < -0.39 is 0 Å². The Morgan fingerprint density at radius 3 is 2.81 bits per heavy atom. The topological polar surface area (TPSA) is 84.8 Å².